The number of H-pyrrole nitrogens is 1. The van der Waals surface area contributed by atoms with Crippen molar-refractivity contribution in [3.05, 3.63) is 28.4 Å². The average molecular weight is 239 g/mol. The van der Waals surface area contributed by atoms with Crippen LogP contribution in [0.3, 0.4) is 0 Å². The van der Waals surface area contributed by atoms with Gasteiger partial charge in [-0.15, -0.1) is 0 Å². The Balaban J connectivity index is 2.78. The van der Waals surface area contributed by atoms with E-state index in [4.69, 9.17) is 22.1 Å². The second-order valence-corrected chi connectivity index (χ2v) is 4.17. The first kappa shape index (κ1) is 11.3. The molecule has 3 N–H and O–H groups in total. The molecule has 0 radical (unpaired) electrons. The molecule has 0 fully saturated rings. The molecule has 0 unspecified atom stereocenters. The van der Waals surface area contributed by atoms with Gasteiger partial charge in [-0.2, -0.15) is 0 Å². The molecule has 1 aromatic carbocycles. The maximum atomic E-state index is 6.15. The van der Waals surface area contributed by atoms with Crippen molar-refractivity contribution in [2.24, 2.45) is 5.73 Å². The molecule has 3 nitrogen and oxygen atoms in total. The fraction of sp³-hybridized carbons (Fsp3) is 0.333. The van der Waals surface area contributed by atoms with Crippen LogP contribution in [0.4, 0.5) is 0 Å². The van der Waals surface area contributed by atoms with Gasteiger partial charge in [-0.3, -0.25) is 0 Å². The van der Waals surface area contributed by atoms with E-state index in [1.54, 1.807) is 7.11 Å². The molecule has 0 atom stereocenters. The molecule has 0 aliphatic heterocycles. The summed E-state index contributed by atoms with van der Waals surface area (Å²) < 4.78 is 5.36. The number of fused-ring (bicyclic) bond motifs is 1. The Morgan fingerprint density at radius 2 is 2.19 bits per heavy atom. The third-order valence-electron chi connectivity index (χ3n) is 2.80. The molecule has 0 spiro atoms. The number of ether oxygens (including phenoxy) is 1. The maximum absolute atomic E-state index is 6.15. The smallest absolute Gasteiger partial charge is 0.128 e. The fourth-order valence-corrected chi connectivity index (χ4v) is 2.26. The van der Waals surface area contributed by atoms with Gasteiger partial charge in [0, 0.05) is 11.1 Å². The lowest BCUT2D eigenvalue weighted by Gasteiger charge is -2.05. The van der Waals surface area contributed by atoms with E-state index >= 15 is 0 Å². The minimum absolute atomic E-state index is 0.615. The Morgan fingerprint density at radius 1 is 1.44 bits per heavy atom. The number of aryl methyl sites for hydroxylation is 1. The topological polar surface area (TPSA) is 51.0 Å². The number of nitrogens with one attached hydrogen (secondary N) is 1. The zero-order chi connectivity index (χ0) is 11.7. The van der Waals surface area contributed by atoms with Crippen LogP contribution in [0.1, 0.15) is 11.3 Å². The van der Waals surface area contributed by atoms with E-state index in [0.717, 1.165) is 28.8 Å². The first-order valence-electron chi connectivity index (χ1n) is 5.22. The maximum Gasteiger partial charge on any atom is 0.128 e. The number of aromatic nitrogens is 1. The van der Waals surface area contributed by atoms with E-state index < -0.39 is 0 Å². The van der Waals surface area contributed by atoms with Crippen LogP contribution >= 0.6 is 11.6 Å². The SMILES string of the molecule is COc1ccc(Cl)c2[nH]c(C)c(CCN)c12. The van der Waals surface area contributed by atoms with Gasteiger partial charge in [0.25, 0.3) is 0 Å². The lowest BCUT2D eigenvalue weighted by Crippen LogP contribution is -2.03. The summed E-state index contributed by atoms with van der Waals surface area (Å²) in [5, 5.41) is 1.76. The summed E-state index contributed by atoms with van der Waals surface area (Å²) in [6.07, 6.45) is 0.822. The Bertz CT molecular complexity index is 519. The molecular weight excluding hydrogens is 224 g/mol. The molecule has 0 amide bonds. The van der Waals surface area contributed by atoms with E-state index in [0.29, 0.717) is 11.6 Å². The highest BCUT2D eigenvalue weighted by atomic mass is 35.5. The molecule has 2 aromatic rings. The minimum atomic E-state index is 0.615. The lowest BCUT2D eigenvalue weighted by atomic mass is 10.1. The van der Waals surface area contributed by atoms with Crippen molar-refractivity contribution >= 4 is 22.5 Å². The molecule has 0 saturated carbocycles. The number of nitrogens with two attached hydrogens (primary N) is 1. The zero-order valence-corrected chi connectivity index (χ0v) is 10.2. The molecule has 0 aliphatic rings. The highest BCUT2D eigenvalue weighted by Crippen LogP contribution is 2.35. The zero-order valence-electron chi connectivity index (χ0n) is 9.43. The molecule has 1 heterocycles. The van der Waals surface area contributed by atoms with Gasteiger partial charge in [0.05, 0.1) is 17.6 Å². The predicted molar refractivity (Wildman–Crippen MR) is 67.4 cm³/mol. The standard InChI is InChI=1S/C12H15ClN2O/c1-7-8(5-6-14)11-10(16-2)4-3-9(13)12(11)15-7/h3-4,15H,5-6,14H2,1-2H3. The van der Waals surface area contributed by atoms with Crippen LogP contribution in [0.15, 0.2) is 12.1 Å². The lowest BCUT2D eigenvalue weighted by molar-refractivity contribution is 0.419. The Hall–Kier alpha value is -1.19. The number of methoxy groups -OCH3 is 1. The number of halogens is 1. The summed E-state index contributed by atoms with van der Waals surface area (Å²) in [4.78, 5) is 3.29. The van der Waals surface area contributed by atoms with Crippen molar-refractivity contribution in [2.45, 2.75) is 13.3 Å². The Kier molecular flexibility index (Phi) is 3.08. The van der Waals surface area contributed by atoms with Crippen molar-refractivity contribution < 1.29 is 4.74 Å². The number of benzene rings is 1. The summed E-state index contributed by atoms with van der Waals surface area (Å²) in [5.41, 5.74) is 8.85. The normalized spacial score (nSPS) is 11.0. The van der Waals surface area contributed by atoms with Crippen molar-refractivity contribution in [2.75, 3.05) is 13.7 Å². The van der Waals surface area contributed by atoms with Gasteiger partial charge < -0.3 is 15.5 Å². The molecule has 86 valence electrons. The van der Waals surface area contributed by atoms with Crippen LogP contribution in [0.5, 0.6) is 5.75 Å². The molecule has 2 rings (SSSR count). The van der Waals surface area contributed by atoms with Crippen molar-refractivity contribution in [3.63, 3.8) is 0 Å². The van der Waals surface area contributed by atoms with Crippen LogP contribution in [0.25, 0.3) is 10.9 Å². The molecule has 4 heteroatoms. The van der Waals surface area contributed by atoms with Crippen LogP contribution in [-0.2, 0) is 6.42 Å². The largest absolute Gasteiger partial charge is 0.496 e. The Morgan fingerprint density at radius 3 is 2.81 bits per heavy atom. The van der Waals surface area contributed by atoms with Gasteiger partial charge in [-0.05, 0) is 37.6 Å². The molecule has 0 saturated heterocycles. The first-order valence-corrected chi connectivity index (χ1v) is 5.60. The van der Waals surface area contributed by atoms with Gasteiger partial charge in [0.2, 0.25) is 0 Å². The molecular formula is C12H15ClN2O. The number of hydrogen-bond acceptors (Lipinski definition) is 2. The average Bonchev–Trinajstić information content (AvgIpc) is 2.59. The summed E-state index contributed by atoms with van der Waals surface area (Å²) >= 11 is 6.15. The molecule has 1 aromatic heterocycles. The highest BCUT2D eigenvalue weighted by Gasteiger charge is 2.14. The summed E-state index contributed by atoms with van der Waals surface area (Å²) in [6, 6.07) is 3.73. The second kappa shape index (κ2) is 4.36. The minimum Gasteiger partial charge on any atom is -0.496 e. The van der Waals surface area contributed by atoms with Gasteiger partial charge in [-0.25, -0.2) is 0 Å². The van der Waals surface area contributed by atoms with Crippen molar-refractivity contribution in [1.82, 2.24) is 4.98 Å². The van der Waals surface area contributed by atoms with E-state index in [1.165, 1.54) is 5.56 Å². The monoisotopic (exact) mass is 238 g/mol. The number of rotatable bonds is 3. The number of hydrogen-bond donors (Lipinski definition) is 2. The highest BCUT2D eigenvalue weighted by molar-refractivity contribution is 6.35. The third-order valence-corrected chi connectivity index (χ3v) is 3.11. The molecule has 0 bridgehead atoms. The van der Waals surface area contributed by atoms with Gasteiger partial charge >= 0.3 is 0 Å². The molecule has 0 aliphatic carbocycles. The predicted octanol–water partition coefficient (Wildman–Crippen LogP) is 2.64. The van der Waals surface area contributed by atoms with E-state index in [-0.39, 0.29) is 0 Å². The van der Waals surface area contributed by atoms with E-state index in [9.17, 15) is 0 Å². The second-order valence-electron chi connectivity index (χ2n) is 3.77. The van der Waals surface area contributed by atoms with Crippen molar-refractivity contribution in [3.8, 4) is 5.75 Å². The summed E-state index contributed by atoms with van der Waals surface area (Å²) in [5.74, 6) is 0.840. The first-order chi connectivity index (χ1) is 7.69. The molecule has 16 heavy (non-hydrogen) atoms. The summed E-state index contributed by atoms with van der Waals surface area (Å²) in [7, 11) is 1.66. The summed E-state index contributed by atoms with van der Waals surface area (Å²) in [6.45, 7) is 2.64. The van der Waals surface area contributed by atoms with Crippen LogP contribution in [0.2, 0.25) is 5.02 Å². The van der Waals surface area contributed by atoms with Gasteiger partial charge in [0.15, 0.2) is 0 Å². The fourth-order valence-electron chi connectivity index (χ4n) is 2.06. The van der Waals surface area contributed by atoms with E-state index in [2.05, 4.69) is 4.98 Å². The van der Waals surface area contributed by atoms with Gasteiger partial charge in [0.1, 0.15) is 5.75 Å². The van der Waals surface area contributed by atoms with E-state index in [1.807, 2.05) is 19.1 Å². The third kappa shape index (κ3) is 1.66. The van der Waals surface area contributed by atoms with Crippen LogP contribution in [-0.4, -0.2) is 18.6 Å². The Labute approximate surface area is 99.5 Å². The van der Waals surface area contributed by atoms with Crippen LogP contribution in [0, 0.1) is 6.92 Å². The van der Waals surface area contributed by atoms with Crippen molar-refractivity contribution in [1.29, 1.82) is 0 Å². The number of aromatic amines is 1. The quantitative estimate of drug-likeness (QED) is 0.864. The van der Waals surface area contributed by atoms with Crippen LogP contribution < -0.4 is 10.5 Å². The van der Waals surface area contributed by atoms with Gasteiger partial charge in [-0.1, -0.05) is 11.6 Å².